The van der Waals surface area contributed by atoms with E-state index in [1.54, 1.807) is 41.5 Å². The van der Waals surface area contributed by atoms with Crippen molar-refractivity contribution in [1.82, 2.24) is 15.1 Å². The Morgan fingerprint density at radius 1 is 1.12 bits per heavy atom. The molecular weight excluding hydrogens is 664 g/mol. The minimum atomic E-state index is -1.39. The highest BCUT2D eigenvalue weighted by Crippen LogP contribution is 2.40. The van der Waals surface area contributed by atoms with Gasteiger partial charge in [0.2, 0.25) is 5.91 Å². The van der Waals surface area contributed by atoms with E-state index < -0.39 is 83.5 Å². The molecule has 3 saturated heterocycles. The number of esters is 1. The topological polar surface area (TPSA) is 202 Å². The number of ether oxygens (including phenoxy) is 5. The van der Waals surface area contributed by atoms with Crippen LogP contribution in [0.5, 0.6) is 0 Å². The summed E-state index contributed by atoms with van der Waals surface area (Å²) in [6, 6.07) is -1.71. The van der Waals surface area contributed by atoms with Gasteiger partial charge in [0, 0.05) is 43.0 Å². The molecule has 13 atom stereocenters. The second-order valence-corrected chi connectivity index (χ2v) is 15.1. The number of ketones is 1. The highest BCUT2D eigenvalue weighted by atomic mass is 16.7. The number of rotatable bonds is 10. The van der Waals surface area contributed by atoms with Crippen LogP contribution >= 0.6 is 0 Å². The third-order valence-corrected chi connectivity index (χ3v) is 11.0. The average molecular weight is 725 g/mol. The van der Waals surface area contributed by atoms with Crippen molar-refractivity contribution in [3.8, 4) is 0 Å². The molecule has 0 radical (unpaired) electrons. The Morgan fingerprint density at radius 3 is 2.37 bits per heavy atom. The predicted molar refractivity (Wildman–Crippen MR) is 186 cm³/mol. The second-order valence-electron chi connectivity index (χ2n) is 15.1. The zero-order valence-electron chi connectivity index (χ0n) is 32.2. The fraction of sp³-hybridized carbons (Fsp3) is 0.886. The van der Waals surface area contributed by atoms with Gasteiger partial charge in [-0.1, -0.05) is 25.9 Å². The van der Waals surface area contributed by atoms with Gasteiger partial charge in [-0.25, -0.2) is 4.79 Å². The van der Waals surface area contributed by atoms with Crippen LogP contribution in [0, 0.1) is 17.8 Å². The highest BCUT2D eigenvalue weighted by molar-refractivity contribution is 6.00. The Kier molecular flexibility index (Phi) is 14.7. The zero-order valence-corrected chi connectivity index (χ0v) is 32.2. The molecule has 16 nitrogen and oxygen atoms in total. The van der Waals surface area contributed by atoms with Crippen LogP contribution in [0.1, 0.15) is 87.5 Å². The fourth-order valence-corrected chi connectivity index (χ4v) is 8.05. The number of unbranched alkanes of at least 4 members (excludes halogenated alkanes) is 1. The van der Waals surface area contributed by atoms with Crippen molar-refractivity contribution in [2.24, 2.45) is 22.9 Å². The molecule has 0 aromatic rings. The van der Waals surface area contributed by atoms with Crippen LogP contribution in [0.25, 0.3) is 10.4 Å². The van der Waals surface area contributed by atoms with E-state index in [2.05, 4.69) is 15.3 Å². The van der Waals surface area contributed by atoms with Crippen LogP contribution in [0.2, 0.25) is 0 Å². The van der Waals surface area contributed by atoms with Crippen molar-refractivity contribution < 1.29 is 48.0 Å². The lowest BCUT2D eigenvalue weighted by Gasteiger charge is -2.46. The summed E-state index contributed by atoms with van der Waals surface area (Å²) in [6.45, 7) is 14.2. The molecule has 290 valence electrons. The molecule has 0 saturated carbocycles. The number of hydrogen-bond donors (Lipinski definition) is 2. The molecule has 0 aromatic heterocycles. The van der Waals surface area contributed by atoms with Gasteiger partial charge in [0.25, 0.3) is 0 Å². The lowest BCUT2D eigenvalue weighted by molar-refractivity contribution is -0.295. The third-order valence-electron chi connectivity index (χ3n) is 11.0. The summed E-state index contributed by atoms with van der Waals surface area (Å²) >= 11 is 0. The summed E-state index contributed by atoms with van der Waals surface area (Å²) in [5, 5.41) is 18.0. The molecule has 3 aliphatic heterocycles. The minimum Gasteiger partial charge on any atom is -0.458 e. The van der Waals surface area contributed by atoms with Gasteiger partial charge in [0.1, 0.15) is 18.1 Å². The molecule has 3 rings (SSSR count). The number of aliphatic hydroxyl groups is 1. The molecule has 3 aliphatic rings. The number of methoxy groups -OCH3 is 1. The minimum absolute atomic E-state index is 0.0940. The van der Waals surface area contributed by atoms with E-state index in [0.29, 0.717) is 19.3 Å². The van der Waals surface area contributed by atoms with Gasteiger partial charge in [-0.05, 0) is 86.3 Å². The molecular formula is C35H60N6O10. The first-order chi connectivity index (χ1) is 23.9. The van der Waals surface area contributed by atoms with Crippen molar-refractivity contribution >= 4 is 23.8 Å². The Labute approximate surface area is 301 Å². The van der Waals surface area contributed by atoms with Crippen LogP contribution in [-0.4, -0.2) is 133 Å². The van der Waals surface area contributed by atoms with E-state index in [0.717, 1.165) is 0 Å². The SMILES string of the molecule is CC[C@H]1OC(=O)C(C)C(=O)[C@@H](C)[C@@H](O[C@@H]2OC(C)CC(N(C)C)C2O)[C@](C)(OC)C[C@@H](C)C(=O)N[C@H](C)[C@H]2N(CCCCN=[N+]=[N-])C(=O)O[C@]12C. The molecule has 2 amide bonds. The number of amides is 2. The first-order valence-corrected chi connectivity index (χ1v) is 18.1. The van der Waals surface area contributed by atoms with Gasteiger partial charge < -0.3 is 39.0 Å². The Balaban J connectivity index is 2.07. The number of likely N-dealkylation sites (N-methyl/N-ethyl adjacent to an activating group) is 1. The summed E-state index contributed by atoms with van der Waals surface area (Å²) in [5.74, 6) is -4.52. The maximum atomic E-state index is 14.2. The molecule has 4 unspecified atom stereocenters. The van der Waals surface area contributed by atoms with E-state index >= 15 is 0 Å². The maximum absolute atomic E-state index is 14.2. The zero-order chi connectivity index (χ0) is 38.4. The average Bonchev–Trinajstić information content (AvgIpc) is 3.34. The summed E-state index contributed by atoms with van der Waals surface area (Å²) in [5.41, 5.74) is 5.98. The van der Waals surface area contributed by atoms with E-state index in [4.69, 9.17) is 29.2 Å². The van der Waals surface area contributed by atoms with E-state index in [1.807, 2.05) is 25.9 Å². The number of azide groups is 1. The summed E-state index contributed by atoms with van der Waals surface area (Å²) in [4.78, 5) is 61.6. The first-order valence-electron chi connectivity index (χ1n) is 18.1. The lowest BCUT2D eigenvalue weighted by atomic mass is 9.78. The van der Waals surface area contributed by atoms with E-state index in [1.165, 1.54) is 18.9 Å². The molecule has 0 aromatic carbocycles. The van der Waals surface area contributed by atoms with Crippen LogP contribution in [0.4, 0.5) is 4.79 Å². The van der Waals surface area contributed by atoms with Gasteiger partial charge in [-0.3, -0.25) is 19.3 Å². The van der Waals surface area contributed by atoms with E-state index in [-0.39, 0.29) is 44.0 Å². The molecule has 3 fully saturated rings. The van der Waals surface area contributed by atoms with Gasteiger partial charge in [0.05, 0.1) is 29.9 Å². The van der Waals surface area contributed by atoms with Gasteiger partial charge >= 0.3 is 12.1 Å². The number of cyclic esters (lactones) is 1. The summed E-state index contributed by atoms with van der Waals surface area (Å²) in [6.07, 6.45) is -3.17. The number of Topliss-reactive ketones (excluding diaryl/α,β-unsaturated/α-hetero) is 1. The summed E-state index contributed by atoms with van der Waals surface area (Å²) < 4.78 is 30.7. The fourth-order valence-electron chi connectivity index (χ4n) is 8.05. The highest BCUT2D eigenvalue weighted by Gasteiger charge is 2.59. The molecule has 16 heteroatoms. The lowest BCUT2D eigenvalue weighted by Crippen LogP contribution is -2.61. The quantitative estimate of drug-likeness (QED) is 0.0833. The third kappa shape index (κ3) is 9.33. The number of carbonyl (C=O) groups excluding carboxylic acids is 4. The normalized spacial score (nSPS) is 40.0. The standard InChI is InChI=1S/C35H60N6O10/c1-12-25-35(8)28(41(33(46)51-35)16-14-13-15-37-39-36)23(6)38-30(44)19(2)18-34(7,47-11)29(21(4)26(42)22(5)31(45)49-25)50-32-27(43)24(40(9)10)17-20(3)48-32/h19-25,27-29,32,43H,12-18H2,1-11H3,(H,38,44)/t19-,20?,21-,22?,23-,24?,25-,27?,28-,29-,32+,34-,35-/m1/s1. The van der Waals surface area contributed by atoms with E-state index in [9.17, 15) is 24.3 Å². The largest absolute Gasteiger partial charge is 0.458 e. The van der Waals surface area contributed by atoms with Crippen LogP contribution in [0.15, 0.2) is 5.11 Å². The molecule has 0 aliphatic carbocycles. The molecule has 0 spiro atoms. The van der Waals surface area contributed by atoms with Gasteiger partial charge in [0.15, 0.2) is 17.7 Å². The van der Waals surface area contributed by atoms with Crippen LogP contribution in [0.3, 0.4) is 0 Å². The molecule has 2 N–H and O–H groups in total. The second kappa shape index (κ2) is 17.7. The molecule has 51 heavy (non-hydrogen) atoms. The van der Waals surface area contributed by atoms with Gasteiger partial charge in [-0.2, -0.15) is 0 Å². The van der Waals surface area contributed by atoms with Gasteiger partial charge in [-0.15, -0.1) is 0 Å². The van der Waals surface area contributed by atoms with Crippen molar-refractivity contribution in [1.29, 1.82) is 0 Å². The molecule has 0 bridgehead atoms. The smallest absolute Gasteiger partial charge is 0.410 e. The van der Waals surface area contributed by atoms with Crippen molar-refractivity contribution in [3.05, 3.63) is 10.4 Å². The number of hydrogen-bond acceptors (Lipinski definition) is 12. The first kappa shape index (κ1) is 42.4. The number of nitrogens with zero attached hydrogens (tertiary/aromatic N) is 5. The molecule has 3 heterocycles. The Morgan fingerprint density at radius 2 is 1.78 bits per heavy atom. The van der Waals surface area contributed by atoms with Crippen LogP contribution in [-0.2, 0) is 38.1 Å². The Bertz CT molecular complexity index is 1300. The Hall–Kier alpha value is -3.01. The number of aliphatic hydroxyl groups excluding tert-OH is 1. The van der Waals surface area contributed by atoms with Crippen LogP contribution < -0.4 is 5.32 Å². The predicted octanol–water partition coefficient (Wildman–Crippen LogP) is 3.58. The summed E-state index contributed by atoms with van der Waals surface area (Å²) in [7, 11) is 5.18. The van der Waals surface area contributed by atoms with Crippen molar-refractivity contribution in [2.45, 2.75) is 148 Å². The monoisotopic (exact) mass is 724 g/mol. The number of nitrogens with one attached hydrogen (secondary N) is 1. The number of carbonyl (C=O) groups is 4. The van der Waals surface area contributed by atoms with Crippen molar-refractivity contribution in [3.63, 3.8) is 0 Å². The maximum Gasteiger partial charge on any atom is 0.410 e. The van der Waals surface area contributed by atoms with Crippen molar-refractivity contribution in [2.75, 3.05) is 34.3 Å². The number of fused-ring (bicyclic) bond motifs is 1.